The molecule has 0 radical (unpaired) electrons. The van der Waals surface area contributed by atoms with E-state index in [2.05, 4.69) is 30.2 Å². The number of H-pyrrole nitrogens is 1. The van der Waals surface area contributed by atoms with Crippen LogP contribution in [-0.2, 0) is 4.74 Å². The van der Waals surface area contributed by atoms with Crippen LogP contribution in [-0.4, -0.2) is 52.4 Å². The zero-order chi connectivity index (χ0) is 20.8. The third-order valence-electron chi connectivity index (χ3n) is 4.72. The van der Waals surface area contributed by atoms with Gasteiger partial charge in [-0.25, -0.2) is 18.9 Å². The maximum atomic E-state index is 13.1. The second-order valence-corrected chi connectivity index (χ2v) is 6.46. The molecular formula is C19H14N8O3. The summed E-state index contributed by atoms with van der Waals surface area (Å²) in [4.78, 5) is 37.8. The number of aromatic nitrogens is 8. The Balaban J connectivity index is 1.67. The minimum Gasteiger partial charge on any atom is -0.465 e. The van der Waals surface area contributed by atoms with Crippen LogP contribution in [0.1, 0.15) is 16.1 Å². The quantitative estimate of drug-likeness (QED) is 0.447. The molecule has 0 bridgehead atoms. The number of nitrogens with one attached hydrogen (secondary N) is 1. The minimum atomic E-state index is -0.535. The van der Waals surface area contributed by atoms with Crippen molar-refractivity contribution in [1.29, 1.82) is 0 Å². The lowest BCUT2D eigenvalue weighted by Crippen LogP contribution is -2.20. The van der Waals surface area contributed by atoms with Crippen molar-refractivity contribution in [2.75, 3.05) is 7.11 Å². The standard InChI is InChI=1S/C19H14N8O3/c1-10-14(18(29)30-2)16-21-9-12-13(27(16)25-10)5-8-26(17(12)28)19-22-15(23-24-19)11-3-6-20-7-4-11/h3-9H,1-2H3,(H,22,23,24). The van der Waals surface area contributed by atoms with Gasteiger partial charge in [0.1, 0.15) is 5.56 Å². The minimum absolute atomic E-state index is 0.195. The zero-order valence-electron chi connectivity index (χ0n) is 15.9. The highest BCUT2D eigenvalue weighted by molar-refractivity contribution is 5.98. The fourth-order valence-corrected chi connectivity index (χ4v) is 3.27. The number of carbonyl (C=O) groups excluding carboxylic acids is 1. The summed E-state index contributed by atoms with van der Waals surface area (Å²) in [6.45, 7) is 1.68. The van der Waals surface area contributed by atoms with Crippen molar-refractivity contribution in [2.45, 2.75) is 6.92 Å². The Kier molecular flexibility index (Phi) is 3.88. The third kappa shape index (κ3) is 2.56. The Morgan fingerprint density at radius 3 is 2.77 bits per heavy atom. The van der Waals surface area contributed by atoms with Crippen molar-refractivity contribution in [1.82, 2.24) is 39.3 Å². The average Bonchev–Trinajstić information content (AvgIpc) is 3.38. The molecule has 0 aromatic carbocycles. The predicted octanol–water partition coefficient (Wildman–Crippen LogP) is 1.31. The van der Waals surface area contributed by atoms with Crippen LogP contribution < -0.4 is 5.56 Å². The van der Waals surface area contributed by atoms with Gasteiger partial charge in [-0.15, -0.1) is 5.10 Å². The van der Waals surface area contributed by atoms with Crippen LogP contribution in [0.2, 0.25) is 0 Å². The molecule has 11 nitrogen and oxygen atoms in total. The molecular weight excluding hydrogens is 388 g/mol. The molecule has 0 atom stereocenters. The first-order chi connectivity index (χ1) is 14.6. The summed E-state index contributed by atoms with van der Waals surface area (Å²) in [6, 6.07) is 5.27. The summed E-state index contributed by atoms with van der Waals surface area (Å²) >= 11 is 0. The van der Waals surface area contributed by atoms with Gasteiger partial charge >= 0.3 is 5.97 Å². The second-order valence-electron chi connectivity index (χ2n) is 6.46. The van der Waals surface area contributed by atoms with E-state index >= 15 is 0 Å². The van der Waals surface area contributed by atoms with Gasteiger partial charge < -0.3 is 4.74 Å². The van der Waals surface area contributed by atoms with Gasteiger partial charge in [0.25, 0.3) is 11.5 Å². The Hall–Kier alpha value is -4.41. The number of methoxy groups -OCH3 is 1. The van der Waals surface area contributed by atoms with Crippen LogP contribution >= 0.6 is 0 Å². The summed E-state index contributed by atoms with van der Waals surface area (Å²) < 4.78 is 7.59. The van der Waals surface area contributed by atoms with Crippen molar-refractivity contribution in [3.05, 3.63) is 64.6 Å². The Labute approximate surface area is 168 Å². The molecule has 0 saturated carbocycles. The monoisotopic (exact) mass is 402 g/mol. The summed E-state index contributed by atoms with van der Waals surface area (Å²) in [5.74, 6) is 0.172. The molecule has 30 heavy (non-hydrogen) atoms. The van der Waals surface area contributed by atoms with Gasteiger partial charge in [0.05, 0.1) is 23.7 Å². The fraction of sp³-hybridized carbons (Fsp3) is 0.105. The molecule has 5 aromatic rings. The van der Waals surface area contributed by atoms with Crippen LogP contribution in [0.5, 0.6) is 0 Å². The number of aryl methyl sites for hydroxylation is 1. The Morgan fingerprint density at radius 1 is 1.20 bits per heavy atom. The van der Waals surface area contributed by atoms with Gasteiger partial charge in [0.2, 0.25) is 0 Å². The molecule has 0 amide bonds. The molecule has 0 fully saturated rings. The van der Waals surface area contributed by atoms with E-state index in [1.807, 2.05) is 0 Å². The SMILES string of the molecule is COC(=O)c1c(C)nn2c1ncc1c(=O)n(-c3n[nH]c(-c4ccncc4)n3)ccc12. The summed E-state index contributed by atoms with van der Waals surface area (Å²) in [6.07, 6.45) is 6.25. The first kappa shape index (κ1) is 17.7. The van der Waals surface area contributed by atoms with Crippen LogP contribution in [0.3, 0.4) is 0 Å². The average molecular weight is 402 g/mol. The predicted molar refractivity (Wildman–Crippen MR) is 105 cm³/mol. The number of fused-ring (bicyclic) bond motifs is 3. The molecule has 5 aromatic heterocycles. The largest absolute Gasteiger partial charge is 0.465 e. The molecule has 5 rings (SSSR count). The molecule has 0 aliphatic carbocycles. The van der Waals surface area contributed by atoms with E-state index in [0.29, 0.717) is 28.1 Å². The van der Waals surface area contributed by atoms with Crippen molar-refractivity contribution in [3.63, 3.8) is 0 Å². The Morgan fingerprint density at radius 2 is 2.00 bits per heavy atom. The summed E-state index contributed by atoms with van der Waals surface area (Å²) in [5, 5.41) is 11.6. The van der Waals surface area contributed by atoms with Gasteiger partial charge in [0.15, 0.2) is 11.5 Å². The number of carbonyl (C=O) groups is 1. The number of aromatic amines is 1. The molecule has 0 aliphatic heterocycles. The highest BCUT2D eigenvalue weighted by Crippen LogP contribution is 2.19. The van der Waals surface area contributed by atoms with E-state index < -0.39 is 5.97 Å². The van der Waals surface area contributed by atoms with Gasteiger partial charge in [0, 0.05) is 30.4 Å². The molecule has 11 heteroatoms. The molecule has 0 aliphatic rings. The molecule has 0 unspecified atom stereocenters. The summed E-state index contributed by atoms with van der Waals surface area (Å²) in [7, 11) is 1.29. The number of nitrogens with zero attached hydrogens (tertiary/aromatic N) is 7. The molecule has 0 spiro atoms. The molecule has 148 valence electrons. The topological polar surface area (TPSA) is 133 Å². The van der Waals surface area contributed by atoms with E-state index in [0.717, 1.165) is 5.56 Å². The lowest BCUT2D eigenvalue weighted by molar-refractivity contribution is 0.0602. The van der Waals surface area contributed by atoms with Crippen molar-refractivity contribution in [2.24, 2.45) is 0 Å². The number of esters is 1. The van der Waals surface area contributed by atoms with Gasteiger partial charge in [-0.3, -0.25) is 14.9 Å². The molecule has 0 saturated heterocycles. The fourth-order valence-electron chi connectivity index (χ4n) is 3.27. The maximum Gasteiger partial charge on any atom is 0.343 e. The number of pyridine rings is 2. The van der Waals surface area contributed by atoms with Crippen LogP contribution in [0.15, 0.2) is 47.8 Å². The number of hydrogen-bond donors (Lipinski definition) is 1. The lowest BCUT2D eigenvalue weighted by Gasteiger charge is -2.04. The lowest BCUT2D eigenvalue weighted by atomic mass is 10.2. The van der Waals surface area contributed by atoms with Gasteiger partial charge in [-0.05, 0) is 25.1 Å². The normalized spacial score (nSPS) is 11.3. The first-order valence-electron chi connectivity index (χ1n) is 8.89. The van der Waals surface area contributed by atoms with Gasteiger partial charge in [-0.2, -0.15) is 10.1 Å². The Bertz CT molecular complexity index is 1480. The van der Waals surface area contributed by atoms with Crippen molar-refractivity contribution < 1.29 is 9.53 Å². The smallest absolute Gasteiger partial charge is 0.343 e. The number of hydrogen-bond acceptors (Lipinski definition) is 8. The highest BCUT2D eigenvalue weighted by atomic mass is 16.5. The highest BCUT2D eigenvalue weighted by Gasteiger charge is 2.21. The van der Waals surface area contributed by atoms with Crippen LogP contribution in [0.4, 0.5) is 0 Å². The number of rotatable bonds is 3. The van der Waals surface area contributed by atoms with Crippen LogP contribution in [0, 0.1) is 6.92 Å². The van der Waals surface area contributed by atoms with Crippen molar-refractivity contribution >= 4 is 22.5 Å². The van der Waals surface area contributed by atoms with Crippen LogP contribution in [0.25, 0.3) is 33.9 Å². The first-order valence-corrected chi connectivity index (χ1v) is 8.89. The van der Waals surface area contributed by atoms with Gasteiger partial charge in [-0.1, -0.05) is 0 Å². The zero-order valence-corrected chi connectivity index (χ0v) is 15.9. The molecule has 1 N–H and O–H groups in total. The maximum absolute atomic E-state index is 13.1. The van der Waals surface area contributed by atoms with E-state index in [4.69, 9.17) is 4.74 Å². The summed E-state index contributed by atoms with van der Waals surface area (Å²) in [5.41, 5.74) is 1.98. The third-order valence-corrected chi connectivity index (χ3v) is 4.72. The van der Waals surface area contributed by atoms with Crippen molar-refractivity contribution in [3.8, 4) is 17.3 Å². The van der Waals surface area contributed by atoms with E-state index in [1.165, 1.54) is 22.4 Å². The molecule has 5 heterocycles. The second kappa shape index (κ2) is 6.58. The van der Waals surface area contributed by atoms with E-state index in [-0.39, 0.29) is 17.1 Å². The van der Waals surface area contributed by atoms with E-state index in [9.17, 15) is 9.59 Å². The van der Waals surface area contributed by atoms with E-state index in [1.54, 1.807) is 43.7 Å². The number of ether oxygens (including phenoxy) is 1.